The number of amides is 3. The highest BCUT2D eigenvalue weighted by Gasteiger charge is 2.35. The molecule has 0 saturated carbocycles. The van der Waals surface area contributed by atoms with Gasteiger partial charge in [0.15, 0.2) is 0 Å². The van der Waals surface area contributed by atoms with Gasteiger partial charge in [0, 0.05) is 12.2 Å². The molecule has 0 aliphatic carbocycles. The lowest BCUT2D eigenvalue weighted by Crippen LogP contribution is -2.51. The molecular formula is C28H39N3O4. The van der Waals surface area contributed by atoms with Crippen molar-refractivity contribution in [2.75, 3.05) is 11.9 Å². The zero-order valence-electron chi connectivity index (χ0n) is 22.2. The van der Waals surface area contributed by atoms with Gasteiger partial charge < -0.3 is 20.3 Å². The molecular weight excluding hydrogens is 442 g/mol. The summed E-state index contributed by atoms with van der Waals surface area (Å²) in [6.07, 6.45) is -0.0355. The summed E-state index contributed by atoms with van der Waals surface area (Å²) in [5.41, 5.74) is 3.57. The van der Waals surface area contributed by atoms with Crippen molar-refractivity contribution in [3.05, 3.63) is 64.7 Å². The van der Waals surface area contributed by atoms with Gasteiger partial charge in [-0.15, -0.1) is 0 Å². The molecule has 2 atom stereocenters. The maximum atomic E-state index is 13.8. The molecule has 35 heavy (non-hydrogen) atoms. The summed E-state index contributed by atoms with van der Waals surface area (Å²) in [6, 6.07) is 11.7. The number of para-hydroxylation sites is 1. The molecule has 0 spiro atoms. The number of carbonyl (C=O) groups excluding carboxylic acids is 3. The van der Waals surface area contributed by atoms with Gasteiger partial charge in [0.05, 0.1) is 0 Å². The first-order valence-corrected chi connectivity index (χ1v) is 12.1. The molecule has 2 aromatic rings. The Morgan fingerprint density at radius 1 is 1.00 bits per heavy atom. The fourth-order valence-electron chi connectivity index (χ4n) is 3.82. The van der Waals surface area contributed by atoms with Crippen LogP contribution in [0.5, 0.6) is 0 Å². The molecule has 7 nitrogen and oxygen atoms in total. The van der Waals surface area contributed by atoms with E-state index in [4.69, 9.17) is 4.74 Å². The molecule has 0 aromatic heterocycles. The van der Waals surface area contributed by atoms with Crippen molar-refractivity contribution in [1.29, 1.82) is 0 Å². The Balaban J connectivity index is 2.46. The van der Waals surface area contributed by atoms with Crippen LogP contribution in [0.15, 0.2) is 42.5 Å². The van der Waals surface area contributed by atoms with Crippen molar-refractivity contribution in [3.63, 3.8) is 0 Å². The van der Waals surface area contributed by atoms with Crippen LogP contribution in [0, 0.1) is 20.8 Å². The molecule has 0 aliphatic rings. The lowest BCUT2D eigenvalue weighted by Gasteiger charge is -2.34. The lowest BCUT2D eigenvalue weighted by atomic mass is 9.96. The summed E-state index contributed by atoms with van der Waals surface area (Å²) < 4.78 is 5.32. The molecule has 7 heteroatoms. The topological polar surface area (TPSA) is 87.7 Å². The third-order valence-electron chi connectivity index (χ3n) is 5.54. The van der Waals surface area contributed by atoms with Crippen LogP contribution >= 0.6 is 0 Å². The van der Waals surface area contributed by atoms with E-state index >= 15 is 0 Å². The van der Waals surface area contributed by atoms with Crippen molar-refractivity contribution in [1.82, 2.24) is 10.2 Å². The van der Waals surface area contributed by atoms with Crippen LogP contribution in [0.1, 0.15) is 69.3 Å². The van der Waals surface area contributed by atoms with E-state index in [2.05, 4.69) is 10.6 Å². The Kier molecular flexibility index (Phi) is 9.46. The number of hydrogen-bond acceptors (Lipinski definition) is 4. The predicted octanol–water partition coefficient (Wildman–Crippen LogP) is 5.44. The molecule has 0 fully saturated rings. The van der Waals surface area contributed by atoms with Crippen molar-refractivity contribution in [3.8, 4) is 0 Å². The van der Waals surface area contributed by atoms with E-state index in [-0.39, 0.29) is 11.8 Å². The Labute approximate surface area is 209 Å². The Morgan fingerprint density at radius 3 is 2.26 bits per heavy atom. The van der Waals surface area contributed by atoms with Crippen molar-refractivity contribution < 1.29 is 19.1 Å². The Morgan fingerprint density at radius 2 is 1.66 bits per heavy atom. The number of nitrogens with one attached hydrogen (secondary N) is 2. The average molecular weight is 482 g/mol. The third kappa shape index (κ3) is 7.84. The van der Waals surface area contributed by atoms with Crippen molar-refractivity contribution in [2.45, 2.75) is 79.5 Å². The number of rotatable bonds is 8. The van der Waals surface area contributed by atoms with Gasteiger partial charge in [-0.1, -0.05) is 48.9 Å². The molecule has 0 aliphatic heterocycles. The SMILES string of the molecule is CCCN(C(=O)C(C)NC(=O)OC(C)(C)C)C(C(=O)Nc1ccccc1C)c1cc(C)ccc1C. The van der Waals surface area contributed by atoms with E-state index in [1.807, 2.05) is 70.2 Å². The van der Waals surface area contributed by atoms with Gasteiger partial charge in [-0.05, 0) is 77.6 Å². The fourth-order valence-corrected chi connectivity index (χ4v) is 3.82. The minimum absolute atomic E-state index is 0.306. The van der Waals surface area contributed by atoms with Crippen LogP contribution in [0.3, 0.4) is 0 Å². The second kappa shape index (κ2) is 11.9. The first-order valence-electron chi connectivity index (χ1n) is 12.1. The highest BCUT2D eigenvalue weighted by molar-refractivity contribution is 5.99. The van der Waals surface area contributed by atoms with E-state index in [0.29, 0.717) is 18.7 Å². The molecule has 190 valence electrons. The highest BCUT2D eigenvalue weighted by Crippen LogP contribution is 2.28. The minimum atomic E-state index is -0.879. The van der Waals surface area contributed by atoms with Crippen LogP contribution in [-0.2, 0) is 14.3 Å². The van der Waals surface area contributed by atoms with E-state index in [9.17, 15) is 14.4 Å². The quantitative estimate of drug-likeness (QED) is 0.525. The summed E-state index contributed by atoms with van der Waals surface area (Å²) in [4.78, 5) is 41.3. The lowest BCUT2D eigenvalue weighted by molar-refractivity contribution is -0.140. The zero-order valence-corrected chi connectivity index (χ0v) is 22.2. The molecule has 0 radical (unpaired) electrons. The molecule has 2 unspecified atom stereocenters. The summed E-state index contributed by atoms with van der Waals surface area (Å²) in [6.45, 7) is 15.0. The van der Waals surface area contributed by atoms with Crippen LogP contribution in [0.2, 0.25) is 0 Å². The maximum absolute atomic E-state index is 13.8. The standard InChI is InChI=1S/C28H39N3O4/c1-9-16-31(26(33)21(5)29-27(34)35-28(6,7)8)24(22-17-18(2)14-15-19(22)3)25(32)30-23-13-11-10-12-20(23)4/h10-15,17,21,24H,9,16H2,1-8H3,(H,29,34)(H,30,32). The number of benzene rings is 2. The van der Waals surface area contributed by atoms with E-state index in [1.54, 1.807) is 32.6 Å². The molecule has 2 rings (SSSR count). The summed E-state index contributed by atoms with van der Waals surface area (Å²) in [5, 5.41) is 5.64. The molecule has 2 N–H and O–H groups in total. The van der Waals surface area contributed by atoms with Gasteiger partial charge in [0.25, 0.3) is 5.91 Å². The van der Waals surface area contributed by atoms with Crippen LogP contribution in [-0.4, -0.2) is 41.0 Å². The van der Waals surface area contributed by atoms with Gasteiger partial charge >= 0.3 is 6.09 Å². The number of carbonyl (C=O) groups is 3. The Hall–Kier alpha value is -3.35. The number of nitrogens with zero attached hydrogens (tertiary/aromatic N) is 1. The van der Waals surface area contributed by atoms with Crippen LogP contribution < -0.4 is 10.6 Å². The van der Waals surface area contributed by atoms with Gasteiger partial charge in [0.1, 0.15) is 17.7 Å². The number of alkyl carbamates (subject to hydrolysis) is 1. The smallest absolute Gasteiger partial charge is 0.408 e. The molecule has 2 aromatic carbocycles. The molecule has 3 amide bonds. The first-order chi connectivity index (χ1) is 16.3. The fraction of sp³-hybridized carbons (Fsp3) is 0.464. The molecule has 0 heterocycles. The summed E-state index contributed by atoms with van der Waals surface area (Å²) in [7, 11) is 0. The summed E-state index contributed by atoms with van der Waals surface area (Å²) in [5.74, 6) is -0.664. The number of anilines is 1. The maximum Gasteiger partial charge on any atom is 0.408 e. The van der Waals surface area contributed by atoms with Crippen LogP contribution in [0.25, 0.3) is 0 Å². The minimum Gasteiger partial charge on any atom is -0.444 e. The van der Waals surface area contributed by atoms with E-state index in [0.717, 1.165) is 22.3 Å². The number of aryl methyl sites for hydroxylation is 3. The van der Waals surface area contributed by atoms with Crippen LogP contribution in [0.4, 0.5) is 10.5 Å². The van der Waals surface area contributed by atoms with E-state index < -0.39 is 23.8 Å². The largest absolute Gasteiger partial charge is 0.444 e. The Bertz CT molecular complexity index is 1060. The first kappa shape index (κ1) is 27.9. The van der Waals surface area contributed by atoms with E-state index in [1.165, 1.54) is 0 Å². The number of hydrogen-bond donors (Lipinski definition) is 2. The molecule has 0 saturated heterocycles. The normalized spacial score (nSPS) is 12.9. The average Bonchev–Trinajstić information content (AvgIpc) is 2.75. The summed E-state index contributed by atoms with van der Waals surface area (Å²) >= 11 is 0. The molecule has 0 bridgehead atoms. The monoisotopic (exact) mass is 481 g/mol. The van der Waals surface area contributed by atoms with Gasteiger partial charge in [-0.25, -0.2) is 4.79 Å². The van der Waals surface area contributed by atoms with Gasteiger partial charge in [0.2, 0.25) is 5.91 Å². The second-order valence-electron chi connectivity index (χ2n) is 9.97. The number of ether oxygens (including phenoxy) is 1. The van der Waals surface area contributed by atoms with Crippen molar-refractivity contribution >= 4 is 23.6 Å². The van der Waals surface area contributed by atoms with Gasteiger partial charge in [-0.2, -0.15) is 0 Å². The second-order valence-corrected chi connectivity index (χ2v) is 9.97. The van der Waals surface area contributed by atoms with Gasteiger partial charge in [-0.3, -0.25) is 9.59 Å². The van der Waals surface area contributed by atoms with Crippen molar-refractivity contribution in [2.24, 2.45) is 0 Å². The predicted molar refractivity (Wildman–Crippen MR) is 139 cm³/mol. The third-order valence-corrected chi connectivity index (χ3v) is 5.54. The zero-order chi connectivity index (χ0) is 26.3. The highest BCUT2D eigenvalue weighted by atomic mass is 16.6.